The van der Waals surface area contributed by atoms with E-state index in [1.165, 1.54) is 53.1 Å². The molecule has 6 aromatic heterocycles. The number of amides is 2. The maximum absolute atomic E-state index is 12.8. The Labute approximate surface area is 548 Å². The van der Waals surface area contributed by atoms with Crippen LogP contribution in [0.3, 0.4) is 0 Å². The number of nitrogens with one attached hydrogen (secondary N) is 2. The smallest absolute Gasteiger partial charge is 0.296 e. The van der Waals surface area contributed by atoms with Gasteiger partial charge in [0.15, 0.2) is 0 Å². The van der Waals surface area contributed by atoms with Crippen molar-refractivity contribution < 1.29 is 33.9 Å². The molecule has 95 heavy (non-hydrogen) atoms. The number of fused-ring (bicyclic) bond motifs is 3. The molecule has 13 aromatic rings. The first-order valence-electron chi connectivity index (χ1n) is 29.2. The van der Waals surface area contributed by atoms with E-state index in [1.807, 2.05) is 107 Å². The molecular formula is C72H59ClN12O10. The van der Waals surface area contributed by atoms with Crippen molar-refractivity contribution in [2.24, 2.45) is 0 Å². The van der Waals surface area contributed by atoms with E-state index in [0.717, 1.165) is 38.7 Å². The Hall–Kier alpha value is -12.8. The van der Waals surface area contributed by atoms with E-state index in [2.05, 4.69) is 48.4 Å². The molecule has 0 fully saturated rings. The zero-order valence-electron chi connectivity index (χ0n) is 50.8. The fourth-order valence-corrected chi connectivity index (χ4v) is 9.86. The zero-order chi connectivity index (χ0) is 67.2. The highest BCUT2D eigenvalue weighted by Gasteiger charge is 2.24. The van der Waals surface area contributed by atoms with Gasteiger partial charge >= 0.3 is 0 Å². The van der Waals surface area contributed by atoms with Gasteiger partial charge in [-0.1, -0.05) is 103 Å². The van der Waals surface area contributed by atoms with Crippen molar-refractivity contribution in [1.82, 2.24) is 28.7 Å². The summed E-state index contributed by atoms with van der Waals surface area (Å²) in [5.74, 6) is -2.26. The van der Waals surface area contributed by atoms with Crippen molar-refractivity contribution in [1.29, 1.82) is 0 Å². The molecule has 0 unspecified atom stereocenters. The number of carbonyl (C=O) groups excluding carboxylic acids is 4. The molecule has 0 aliphatic heterocycles. The fraction of sp³-hybridized carbons (Fsp3) is 0.0694. The van der Waals surface area contributed by atoms with Crippen LogP contribution in [0.2, 0.25) is 0 Å². The van der Waals surface area contributed by atoms with Gasteiger partial charge in [-0.15, -0.1) is 11.6 Å². The number of nitrogens with two attached hydrogens (primary N) is 1. The van der Waals surface area contributed by atoms with Crippen LogP contribution in [-0.2, 0) is 35.1 Å². The molecular weight excluding hydrogens is 1230 g/mol. The minimum absolute atomic E-state index is 0.0137. The van der Waals surface area contributed by atoms with Crippen LogP contribution >= 0.6 is 11.6 Å². The second-order valence-electron chi connectivity index (χ2n) is 21.1. The number of rotatable bonds is 16. The molecule has 0 saturated heterocycles. The molecule has 13 rings (SSSR count). The number of pyridine rings is 3. The molecule has 0 radical (unpaired) electrons. The summed E-state index contributed by atoms with van der Waals surface area (Å²) in [6.07, 6.45) is 15.1. The second-order valence-corrected chi connectivity index (χ2v) is 21.4. The molecule has 7 aromatic carbocycles. The SMILES string of the molecule is Cc1ccncc1.Nc1ccc(Cn2cc(C(=O)C(=O)Nc3ccncc3)c3ccccc32)cc1.O=C(Nc1ccncc1)C(=O)c1cn(Cc2ccc([N+](=O)[O-])cc2)c2ccccc12.O=[N+]([O-])c1ccc(CCl)cc1.O=[N+]([O-])c1ccc(Cn2ccc3ccccc32)cc1. The lowest BCUT2D eigenvalue weighted by molar-refractivity contribution is -0.385. The number of ketones is 2. The summed E-state index contributed by atoms with van der Waals surface area (Å²) in [5, 5.41) is 39.4. The van der Waals surface area contributed by atoms with Gasteiger partial charge in [0.25, 0.3) is 40.4 Å². The number of aryl methyl sites for hydroxylation is 1. The van der Waals surface area contributed by atoms with Crippen molar-refractivity contribution in [3.63, 3.8) is 0 Å². The largest absolute Gasteiger partial charge is 0.399 e. The normalized spacial score (nSPS) is 10.4. The van der Waals surface area contributed by atoms with Crippen LogP contribution in [0, 0.1) is 37.3 Å². The molecule has 0 atom stereocenters. The van der Waals surface area contributed by atoms with Crippen LogP contribution in [0.15, 0.2) is 268 Å². The number of halogens is 1. The maximum atomic E-state index is 12.8. The number of nitrogen functional groups attached to an aromatic ring is 1. The number of hydrogen-bond acceptors (Lipinski definition) is 14. The number of alkyl halides is 1. The van der Waals surface area contributed by atoms with Crippen LogP contribution in [0.5, 0.6) is 0 Å². The maximum Gasteiger partial charge on any atom is 0.296 e. The average Bonchev–Trinajstić information content (AvgIpc) is 1.66. The molecule has 23 heteroatoms. The quantitative estimate of drug-likeness (QED) is 0.0202. The molecule has 0 spiro atoms. The van der Waals surface area contributed by atoms with Crippen molar-refractivity contribution in [2.75, 3.05) is 16.4 Å². The van der Waals surface area contributed by atoms with Crippen LogP contribution < -0.4 is 16.4 Å². The van der Waals surface area contributed by atoms with E-state index < -0.39 is 33.2 Å². The third kappa shape index (κ3) is 18.2. The number of hydrogen-bond donors (Lipinski definition) is 3. The Morgan fingerprint density at radius 3 is 1.16 bits per heavy atom. The first kappa shape index (κ1) is 66.6. The molecule has 0 bridgehead atoms. The van der Waals surface area contributed by atoms with E-state index in [1.54, 1.807) is 122 Å². The number of carbonyl (C=O) groups is 4. The van der Waals surface area contributed by atoms with Gasteiger partial charge in [0, 0.05) is 162 Å². The fourth-order valence-electron chi connectivity index (χ4n) is 9.68. The highest BCUT2D eigenvalue weighted by atomic mass is 35.5. The Kier molecular flexibility index (Phi) is 22.6. The lowest BCUT2D eigenvalue weighted by Gasteiger charge is -2.06. The molecule has 0 saturated carbocycles. The Bertz CT molecular complexity index is 4800. The van der Waals surface area contributed by atoms with E-state index in [4.69, 9.17) is 17.3 Å². The van der Waals surface area contributed by atoms with E-state index in [9.17, 15) is 49.5 Å². The van der Waals surface area contributed by atoms with E-state index in [-0.39, 0.29) is 22.0 Å². The molecule has 4 N–H and O–H groups in total. The third-order valence-electron chi connectivity index (χ3n) is 14.5. The van der Waals surface area contributed by atoms with Gasteiger partial charge in [-0.05, 0) is 113 Å². The predicted octanol–water partition coefficient (Wildman–Crippen LogP) is 14.6. The summed E-state index contributed by atoms with van der Waals surface area (Å²) < 4.78 is 5.95. The van der Waals surface area contributed by atoms with Crippen molar-refractivity contribution in [3.05, 3.63) is 337 Å². The summed E-state index contributed by atoms with van der Waals surface area (Å²) in [6, 6.07) is 62.1. The first-order valence-corrected chi connectivity index (χ1v) is 29.7. The van der Waals surface area contributed by atoms with E-state index in [0.29, 0.717) is 59.1 Å². The number of aromatic nitrogens is 6. The highest BCUT2D eigenvalue weighted by Crippen LogP contribution is 2.27. The topological polar surface area (TPSA) is 301 Å². The van der Waals surface area contributed by atoms with Crippen LogP contribution in [0.4, 0.5) is 34.1 Å². The number of para-hydroxylation sites is 3. The zero-order valence-corrected chi connectivity index (χ0v) is 51.6. The molecule has 22 nitrogen and oxygen atoms in total. The number of Topliss-reactive ketones (excluding diaryl/α,β-unsaturated/α-hetero) is 2. The second kappa shape index (κ2) is 32.3. The van der Waals surface area contributed by atoms with Gasteiger partial charge in [-0.3, -0.25) is 64.5 Å². The molecule has 6 heterocycles. The Morgan fingerprint density at radius 1 is 0.432 bits per heavy atom. The monoisotopic (exact) mass is 1290 g/mol. The Balaban J connectivity index is 0.000000150. The summed E-state index contributed by atoms with van der Waals surface area (Å²) in [7, 11) is 0. The minimum atomic E-state index is -0.737. The number of nitro benzene ring substituents is 3. The van der Waals surface area contributed by atoms with Crippen molar-refractivity contribution in [2.45, 2.75) is 32.4 Å². The summed E-state index contributed by atoms with van der Waals surface area (Å²) in [5.41, 5.74) is 16.3. The van der Waals surface area contributed by atoms with Gasteiger partial charge in [0.1, 0.15) is 0 Å². The standard InChI is InChI=1S/C22H16N4O4.C22H18N4O2.C15H12N2O2.C7H6ClNO2.C6H7N/c27-21(22(28)24-16-9-11-23-12-10-16)19-14-25(20-4-2-1-3-18(19)20)13-15-5-7-17(8-6-15)26(29)30;23-16-7-5-15(6-8-16)13-26-14-19(18-3-1-2-4-20(18)26)21(27)22(28)25-17-9-11-24-12-10-17;18-17(19)14-7-5-12(6-8-14)11-16-10-9-13-3-1-2-4-15(13)16;8-5-6-1-3-7(4-2-6)9(10)11;1-6-2-4-7-5-3-6/h1-12,14H,13H2,(H,23,24,28);1-12,14H,13,23H2,(H,24,25,28);1-10H,11H2;1-4H,5H2;2-5H,1H3. The van der Waals surface area contributed by atoms with Crippen LogP contribution in [0.25, 0.3) is 32.7 Å². The number of benzene rings is 7. The molecule has 0 aliphatic carbocycles. The number of non-ortho nitro benzene ring substituents is 3. The first-order chi connectivity index (χ1) is 46.0. The number of nitrogens with zero attached hydrogens (tertiary/aromatic N) is 9. The molecule has 474 valence electrons. The van der Waals surface area contributed by atoms with E-state index >= 15 is 0 Å². The molecule has 0 aliphatic rings. The lowest BCUT2D eigenvalue weighted by atomic mass is 10.1. The average molecular weight is 1290 g/mol. The van der Waals surface area contributed by atoms with Crippen LogP contribution in [-0.4, -0.2) is 66.8 Å². The number of nitro groups is 3. The lowest BCUT2D eigenvalue weighted by Crippen LogP contribution is -2.22. The third-order valence-corrected chi connectivity index (χ3v) is 14.8. The van der Waals surface area contributed by atoms with Gasteiger partial charge in [-0.25, -0.2) is 0 Å². The highest BCUT2D eigenvalue weighted by molar-refractivity contribution is 6.49. The summed E-state index contributed by atoms with van der Waals surface area (Å²) >= 11 is 5.49. The van der Waals surface area contributed by atoms with Crippen molar-refractivity contribution in [3.8, 4) is 0 Å². The van der Waals surface area contributed by atoms with Gasteiger partial charge in [0.2, 0.25) is 0 Å². The Morgan fingerprint density at radius 2 is 0.779 bits per heavy atom. The predicted molar refractivity (Wildman–Crippen MR) is 366 cm³/mol. The van der Waals surface area contributed by atoms with Gasteiger partial charge < -0.3 is 30.1 Å². The van der Waals surface area contributed by atoms with Gasteiger partial charge in [0.05, 0.1) is 25.9 Å². The van der Waals surface area contributed by atoms with Gasteiger partial charge in [-0.2, -0.15) is 0 Å². The summed E-state index contributed by atoms with van der Waals surface area (Å²) in [6.45, 7) is 3.73. The van der Waals surface area contributed by atoms with Crippen molar-refractivity contribution >= 4 is 102 Å². The summed E-state index contributed by atoms with van der Waals surface area (Å²) in [4.78, 5) is 92.6. The molecule has 2 amide bonds. The minimum Gasteiger partial charge on any atom is -0.399 e. The van der Waals surface area contributed by atoms with Crippen LogP contribution in [0.1, 0.15) is 48.5 Å². The number of anilines is 3.